The molecule has 0 amide bonds. The Bertz CT molecular complexity index is 799. The Hall–Kier alpha value is -2.47. The van der Waals surface area contributed by atoms with Gasteiger partial charge in [0.15, 0.2) is 5.78 Å². The second kappa shape index (κ2) is 8.48. The van der Waals surface area contributed by atoms with Crippen LogP contribution in [0.15, 0.2) is 24.5 Å². The molecule has 0 spiro atoms. The van der Waals surface area contributed by atoms with Crippen molar-refractivity contribution in [1.29, 1.82) is 0 Å². The Morgan fingerprint density at radius 2 is 1.93 bits per heavy atom. The Balaban J connectivity index is 1.78. The molecule has 1 aromatic carbocycles. The molecule has 2 heterocycles. The third kappa shape index (κ3) is 4.27. The topological polar surface area (TPSA) is 64.5 Å². The van der Waals surface area contributed by atoms with Crippen LogP contribution in [0, 0.1) is 19.8 Å². The third-order valence-electron chi connectivity index (χ3n) is 5.07. The molecular weight excluding hydrogens is 342 g/mol. The summed E-state index contributed by atoms with van der Waals surface area (Å²) in [6.07, 6.45) is 3.43. The van der Waals surface area contributed by atoms with Crippen molar-refractivity contribution in [2.75, 3.05) is 32.2 Å². The number of methoxy groups -OCH3 is 2. The van der Waals surface area contributed by atoms with Crippen LogP contribution < -0.4 is 9.64 Å². The zero-order valence-corrected chi connectivity index (χ0v) is 16.5. The predicted molar refractivity (Wildman–Crippen MR) is 104 cm³/mol. The van der Waals surface area contributed by atoms with Crippen molar-refractivity contribution < 1.29 is 14.3 Å². The second-order valence-corrected chi connectivity index (χ2v) is 7.09. The molecule has 1 aromatic heterocycles. The number of carbonyl (C=O) groups excluding carboxylic acids is 1. The molecule has 0 N–H and O–H groups in total. The average Bonchev–Trinajstić information content (AvgIpc) is 2.68. The number of anilines is 1. The molecular formula is C21H27N3O3. The summed E-state index contributed by atoms with van der Waals surface area (Å²) in [5, 5.41) is 0. The van der Waals surface area contributed by atoms with Crippen molar-refractivity contribution in [3.8, 4) is 5.75 Å². The van der Waals surface area contributed by atoms with E-state index >= 15 is 0 Å². The molecule has 6 nitrogen and oxygen atoms in total. The highest BCUT2D eigenvalue weighted by Crippen LogP contribution is 2.29. The van der Waals surface area contributed by atoms with Crippen LogP contribution in [0.4, 0.5) is 5.82 Å². The summed E-state index contributed by atoms with van der Waals surface area (Å²) in [5.74, 6) is 1.87. The van der Waals surface area contributed by atoms with Crippen molar-refractivity contribution in [2.45, 2.75) is 33.3 Å². The van der Waals surface area contributed by atoms with Crippen LogP contribution in [0.5, 0.6) is 5.75 Å². The highest BCUT2D eigenvalue weighted by molar-refractivity contribution is 5.99. The molecule has 0 bridgehead atoms. The van der Waals surface area contributed by atoms with Crippen LogP contribution in [0.25, 0.3) is 0 Å². The molecule has 0 aliphatic carbocycles. The first-order valence-electron chi connectivity index (χ1n) is 9.27. The van der Waals surface area contributed by atoms with Crippen LogP contribution in [0.2, 0.25) is 0 Å². The number of hydrogen-bond acceptors (Lipinski definition) is 6. The molecule has 0 radical (unpaired) electrons. The summed E-state index contributed by atoms with van der Waals surface area (Å²) >= 11 is 0. The highest BCUT2D eigenvalue weighted by atomic mass is 16.5. The number of nitrogens with zero attached hydrogens (tertiary/aromatic N) is 3. The molecule has 0 unspecified atom stereocenters. The molecule has 0 saturated carbocycles. The molecule has 1 fully saturated rings. The summed E-state index contributed by atoms with van der Waals surface area (Å²) in [6.45, 7) is 5.98. The number of aryl methyl sites for hydroxylation is 2. The van der Waals surface area contributed by atoms with Gasteiger partial charge in [0, 0.05) is 37.7 Å². The maximum Gasteiger partial charge on any atom is 0.167 e. The van der Waals surface area contributed by atoms with E-state index in [1.165, 1.54) is 0 Å². The number of aromatic nitrogens is 2. The van der Waals surface area contributed by atoms with Crippen LogP contribution in [-0.4, -0.2) is 43.1 Å². The lowest BCUT2D eigenvalue weighted by atomic mass is 9.88. The van der Waals surface area contributed by atoms with Crippen molar-refractivity contribution in [3.05, 3.63) is 46.9 Å². The fourth-order valence-corrected chi connectivity index (χ4v) is 3.83. The number of ether oxygens (including phenoxy) is 2. The molecule has 1 aliphatic heterocycles. The first-order valence-corrected chi connectivity index (χ1v) is 9.27. The van der Waals surface area contributed by atoms with Crippen LogP contribution in [0.1, 0.15) is 40.0 Å². The molecule has 6 heteroatoms. The maximum absolute atomic E-state index is 13.1. The van der Waals surface area contributed by atoms with Gasteiger partial charge in [-0.2, -0.15) is 0 Å². The Morgan fingerprint density at radius 1 is 1.19 bits per heavy atom. The van der Waals surface area contributed by atoms with E-state index < -0.39 is 0 Å². The van der Waals surface area contributed by atoms with Gasteiger partial charge < -0.3 is 14.4 Å². The smallest absolute Gasteiger partial charge is 0.167 e. The summed E-state index contributed by atoms with van der Waals surface area (Å²) < 4.78 is 10.6. The lowest BCUT2D eigenvalue weighted by Gasteiger charge is -2.33. The van der Waals surface area contributed by atoms with Gasteiger partial charge in [-0.05, 0) is 49.9 Å². The van der Waals surface area contributed by atoms with Gasteiger partial charge in [-0.15, -0.1) is 0 Å². The normalized spacial score (nSPS) is 17.0. The standard InChI is InChI=1S/C21H27N3O3/c1-14-8-17(9-15(2)21(14)27-4)20(25)16-6-5-7-24(11-16)19-10-18(12-26-3)22-13-23-19/h8-10,13,16H,5-7,11-12H2,1-4H3/t16-/m0/s1. The van der Waals surface area contributed by atoms with Gasteiger partial charge in [-0.25, -0.2) is 9.97 Å². The average molecular weight is 369 g/mol. The quantitative estimate of drug-likeness (QED) is 0.728. The van der Waals surface area contributed by atoms with E-state index in [1.54, 1.807) is 20.5 Å². The number of piperidine rings is 1. The SMILES string of the molecule is COCc1cc(N2CCC[C@H](C(=O)c3cc(C)c(OC)c(C)c3)C2)ncn1. The maximum atomic E-state index is 13.1. The molecule has 2 aromatic rings. The molecule has 27 heavy (non-hydrogen) atoms. The van der Waals surface area contributed by atoms with Crippen LogP contribution >= 0.6 is 0 Å². The third-order valence-corrected chi connectivity index (χ3v) is 5.07. The van der Waals surface area contributed by atoms with E-state index in [9.17, 15) is 4.79 Å². The van der Waals surface area contributed by atoms with Gasteiger partial charge in [0.25, 0.3) is 0 Å². The van der Waals surface area contributed by atoms with Gasteiger partial charge in [0.05, 0.1) is 19.4 Å². The minimum atomic E-state index is -0.0354. The van der Waals surface area contributed by atoms with E-state index in [0.717, 1.165) is 53.3 Å². The lowest BCUT2D eigenvalue weighted by Crippen LogP contribution is -2.39. The summed E-state index contributed by atoms with van der Waals surface area (Å²) in [7, 11) is 3.31. The monoisotopic (exact) mass is 369 g/mol. The number of hydrogen-bond donors (Lipinski definition) is 0. The summed E-state index contributed by atoms with van der Waals surface area (Å²) in [6, 6.07) is 5.82. The Kier molecular flexibility index (Phi) is 6.06. The van der Waals surface area contributed by atoms with Gasteiger partial charge in [-0.3, -0.25) is 4.79 Å². The van der Waals surface area contributed by atoms with E-state index in [4.69, 9.17) is 9.47 Å². The molecule has 1 atom stereocenters. The predicted octanol–water partition coefficient (Wildman–Crippen LogP) is 3.35. The molecule has 144 valence electrons. The fourth-order valence-electron chi connectivity index (χ4n) is 3.83. The van der Waals surface area contributed by atoms with Crippen molar-refractivity contribution in [1.82, 2.24) is 9.97 Å². The fraction of sp³-hybridized carbons (Fsp3) is 0.476. The zero-order chi connectivity index (χ0) is 19.4. The number of carbonyl (C=O) groups is 1. The zero-order valence-electron chi connectivity index (χ0n) is 16.5. The first kappa shape index (κ1) is 19.3. The minimum absolute atomic E-state index is 0.0354. The van der Waals surface area contributed by atoms with E-state index in [2.05, 4.69) is 14.9 Å². The number of rotatable bonds is 6. The van der Waals surface area contributed by atoms with E-state index in [-0.39, 0.29) is 11.7 Å². The lowest BCUT2D eigenvalue weighted by molar-refractivity contribution is 0.0907. The number of benzene rings is 1. The minimum Gasteiger partial charge on any atom is -0.496 e. The second-order valence-electron chi connectivity index (χ2n) is 7.09. The first-order chi connectivity index (χ1) is 13.0. The van der Waals surface area contributed by atoms with Gasteiger partial charge in [0.2, 0.25) is 0 Å². The van der Waals surface area contributed by atoms with Crippen molar-refractivity contribution in [2.24, 2.45) is 5.92 Å². The van der Waals surface area contributed by atoms with E-state index in [1.807, 2.05) is 32.0 Å². The summed E-state index contributed by atoms with van der Waals surface area (Å²) in [5.41, 5.74) is 3.60. The van der Waals surface area contributed by atoms with Gasteiger partial charge in [0.1, 0.15) is 17.9 Å². The van der Waals surface area contributed by atoms with E-state index in [0.29, 0.717) is 13.2 Å². The largest absolute Gasteiger partial charge is 0.496 e. The Morgan fingerprint density at radius 3 is 2.59 bits per heavy atom. The number of ketones is 1. The summed E-state index contributed by atoms with van der Waals surface area (Å²) in [4.78, 5) is 23.9. The number of Topliss-reactive ketones (excluding diaryl/α,β-unsaturated/α-hetero) is 1. The highest BCUT2D eigenvalue weighted by Gasteiger charge is 2.28. The van der Waals surface area contributed by atoms with Crippen LogP contribution in [0.3, 0.4) is 0 Å². The van der Waals surface area contributed by atoms with Gasteiger partial charge >= 0.3 is 0 Å². The van der Waals surface area contributed by atoms with Crippen molar-refractivity contribution >= 4 is 11.6 Å². The van der Waals surface area contributed by atoms with Crippen molar-refractivity contribution in [3.63, 3.8) is 0 Å². The van der Waals surface area contributed by atoms with Gasteiger partial charge in [-0.1, -0.05) is 0 Å². The Labute approximate surface area is 160 Å². The molecule has 1 saturated heterocycles. The molecule has 1 aliphatic rings. The molecule has 3 rings (SSSR count). The van der Waals surface area contributed by atoms with Crippen LogP contribution in [-0.2, 0) is 11.3 Å².